The first-order chi connectivity index (χ1) is 23.4. The minimum absolute atomic E-state index is 0.00390. The molecule has 0 radical (unpaired) electrons. The van der Waals surface area contributed by atoms with Crippen LogP contribution in [0.3, 0.4) is 0 Å². The second-order valence-electron chi connectivity index (χ2n) is 14.4. The minimum Gasteiger partial charge on any atom is -0.361 e. The van der Waals surface area contributed by atoms with Crippen molar-refractivity contribution in [1.82, 2.24) is 24.7 Å². The van der Waals surface area contributed by atoms with Crippen LogP contribution >= 0.6 is 0 Å². The van der Waals surface area contributed by atoms with E-state index in [2.05, 4.69) is 9.97 Å². The van der Waals surface area contributed by atoms with Crippen molar-refractivity contribution in [3.05, 3.63) is 89.3 Å². The van der Waals surface area contributed by atoms with Gasteiger partial charge in [0.25, 0.3) is 0 Å². The molecule has 1 aliphatic heterocycles. The molecule has 2 atom stereocenters. The third kappa shape index (κ3) is 7.62. The van der Waals surface area contributed by atoms with Crippen LogP contribution in [-0.2, 0) is 55.8 Å². The standard InChI is InChI=1S/C36H42FN5O5S3/c1-35(2)14-7-15-36(3,25-9-6-8-24(20-25)12-18-49(5,44)45)34-40-33(42(4)41-34)31-21-26(10-16-39-31)48(43)32-28(13-19-50(46,47)23-35)27-11-17-38-30(27)22-29(32)37/h6,8-11,16-17,20-22,38H,7,12-15,18-19,23H2,1-5H3/t36-,48?/m1/s1. The van der Waals surface area contributed by atoms with E-state index in [1.807, 2.05) is 45.0 Å². The van der Waals surface area contributed by atoms with Gasteiger partial charge < -0.3 is 4.98 Å². The topological polar surface area (TPSA) is 145 Å². The fraction of sp³-hybridized carbons (Fsp3) is 0.417. The first kappa shape index (κ1) is 36.1. The Morgan fingerprint density at radius 2 is 1.86 bits per heavy atom. The lowest BCUT2D eigenvalue weighted by molar-refractivity contribution is 0.337. The molecule has 4 bridgehead atoms. The van der Waals surface area contributed by atoms with Crippen molar-refractivity contribution < 1.29 is 25.4 Å². The highest BCUT2D eigenvalue weighted by Crippen LogP contribution is 2.39. The number of nitrogens with one attached hydrogen (secondary N) is 1. The number of nitrogens with zero attached hydrogens (tertiary/aromatic N) is 4. The molecule has 10 nitrogen and oxygen atoms in total. The van der Waals surface area contributed by atoms with E-state index in [1.54, 1.807) is 36.1 Å². The number of fused-ring (bicyclic) bond motifs is 8. The summed E-state index contributed by atoms with van der Waals surface area (Å²) in [7, 11) is -7.03. The molecule has 0 fully saturated rings. The second kappa shape index (κ2) is 13.4. The van der Waals surface area contributed by atoms with E-state index < -0.39 is 47.1 Å². The van der Waals surface area contributed by atoms with E-state index in [0.29, 0.717) is 64.4 Å². The maximum absolute atomic E-state index is 15.8. The highest BCUT2D eigenvalue weighted by atomic mass is 32.2. The number of hydrogen-bond donors (Lipinski definition) is 1. The minimum atomic E-state index is -3.61. The largest absolute Gasteiger partial charge is 0.361 e. The van der Waals surface area contributed by atoms with Gasteiger partial charge in [0.2, 0.25) is 0 Å². The Hall–Kier alpha value is -3.75. The first-order valence-electron chi connectivity index (χ1n) is 16.5. The highest BCUT2D eigenvalue weighted by molar-refractivity contribution is 7.91. The van der Waals surface area contributed by atoms with E-state index in [1.165, 1.54) is 18.5 Å². The Morgan fingerprint density at radius 1 is 1.08 bits per heavy atom. The molecule has 4 heterocycles. The number of aryl methyl sites for hydroxylation is 3. The van der Waals surface area contributed by atoms with Crippen LogP contribution < -0.4 is 0 Å². The van der Waals surface area contributed by atoms with Crippen molar-refractivity contribution in [2.75, 3.05) is 23.5 Å². The van der Waals surface area contributed by atoms with Crippen LogP contribution in [0.4, 0.5) is 4.39 Å². The molecular formula is C36H42FN5O5S3. The van der Waals surface area contributed by atoms with E-state index in [9.17, 15) is 21.0 Å². The van der Waals surface area contributed by atoms with Crippen molar-refractivity contribution in [1.29, 1.82) is 0 Å². The summed E-state index contributed by atoms with van der Waals surface area (Å²) >= 11 is 0. The number of aromatic nitrogens is 5. The van der Waals surface area contributed by atoms with E-state index in [-0.39, 0.29) is 28.6 Å². The predicted molar refractivity (Wildman–Crippen MR) is 193 cm³/mol. The molecule has 14 heteroatoms. The van der Waals surface area contributed by atoms with Crippen LogP contribution in [0.1, 0.15) is 62.5 Å². The van der Waals surface area contributed by atoms with Gasteiger partial charge in [-0.05, 0) is 79.0 Å². The molecule has 0 spiro atoms. The number of aromatic amines is 1. The lowest BCUT2D eigenvalue weighted by Gasteiger charge is -2.30. The summed E-state index contributed by atoms with van der Waals surface area (Å²) < 4.78 is 82.9. The molecule has 1 aliphatic rings. The highest BCUT2D eigenvalue weighted by Gasteiger charge is 2.36. The summed E-state index contributed by atoms with van der Waals surface area (Å²) in [6.07, 6.45) is 6.59. The number of pyridine rings is 1. The van der Waals surface area contributed by atoms with Crippen molar-refractivity contribution in [2.45, 2.75) is 68.1 Å². The van der Waals surface area contributed by atoms with Gasteiger partial charge in [-0.2, -0.15) is 5.10 Å². The van der Waals surface area contributed by atoms with Gasteiger partial charge in [0.1, 0.15) is 21.3 Å². The van der Waals surface area contributed by atoms with Crippen LogP contribution in [0, 0.1) is 11.2 Å². The number of H-pyrrole nitrogens is 1. The summed E-state index contributed by atoms with van der Waals surface area (Å²) in [5.41, 5.74) is 1.77. The SMILES string of the molecule is Cn1nc2nc1-c1cc(ccn1)S(=O)c1c(F)cc3[nH]ccc3c1CCS(=O)(=O)CC(C)(C)CCC[C@]2(C)c1cccc(CCS(C)(=O)=O)c1. The molecule has 6 rings (SSSR count). The summed E-state index contributed by atoms with van der Waals surface area (Å²) in [4.78, 5) is 12.8. The van der Waals surface area contributed by atoms with Gasteiger partial charge in [-0.3, -0.25) is 4.98 Å². The molecule has 3 aromatic heterocycles. The number of hydrogen-bond acceptors (Lipinski definition) is 8. The number of rotatable bonds is 4. The first-order valence-corrected chi connectivity index (χ1v) is 21.5. The fourth-order valence-corrected chi connectivity index (χ4v) is 10.9. The van der Waals surface area contributed by atoms with E-state index in [0.717, 1.165) is 11.1 Å². The maximum Gasteiger partial charge on any atom is 0.176 e. The Balaban J connectivity index is 1.50. The Labute approximate surface area is 295 Å². The van der Waals surface area contributed by atoms with E-state index in [4.69, 9.17) is 10.1 Å². The molecule has 5 aromatic rings. The molecule has 266 valence electrons. The molecule has 50 heavy (non-hydrogen) atoms. The van der Waals surface area contributed by atoms with E-state index >= 15 is 4.39 Å². The quantitative estimate of drug-likeness (QED) is 0.246. The molecule has 0 amide bonds. The molecule has 0 saturated heterocycles. The third-order valence-corrected chi connectivity index (χ3v) is 14.1. The van der Waals surface area contributed by atoms with Crippen molar-refractivity contribution in [3.63, 3.8) is 0 Å². The second-order valence-corrected chi connectivity index (χ2v) is 20.3. The zero-order chi connectivity index (χ0) is 36.1. The van der Waals surface area contributed by atoms with Gasteiger partial charge >= 0.3 is 0 Å². The molecule has 0 saturated carbocycles. The van der Waals surface area contributed by atoms with Crippen LogP contribution in [0.15, 0.2) is 70.7 Å². The maximum atomic E-state index is 15.8. The van der Waals surface area contributed by atoms with Gasteiger partial charge in [-0.25, -0.2) is 35.1 Å². The summed E-state index contributed by atoms with van der Waals surface area (Å²) in [5.74, 6) is 0.00242. The molecule has 2 aromatic carbocycles. The molecule has 1 unspecified atom stereocenters. The van der Waals surface area contributed by atoms with Gasteiger partial charge in [-0.1, -0.05) is 44.5 Å². The summed E-state index contributed by atoms with van der Waals surface area (Å²) in [6, 6.07) is 14.0. The van der Waals surface area contributed by atoms with Crippen molar-refractivity contribution in [3.8, 4) is 11.5 Å². The lowest BCUT2D eigenvalue weighted by atomic mass is 9.75. The fourth-order valence-electron chi connectivity index (χ4n) is 6.96. The number of halogens is 1. The van der Waals surface area contributed by atoms with Gasteiger partial charge in [0.05, 0.1) is 38.4 Å². The molecule has 0 aliphatic carbocycles. The predicted octanol–water partition coefficient (Wildman–Crippen LogP) is 5.72. The average Bonchev–Trinajstić information content (AvgIpc) is 3.67. The Morgan fingerprint density at radius 3 is 2.62 bits per heavy atom. The van der Waals surface area contributed by atoms with Gasteiger partial charge in [-0.15, -0.1) is 0 Å². The lowest BCUT2D eigenvalue weighted by Crippen LogP contribution is -2.29. The van der Waals surface area contributed by atoms with Gasteiger partial charge in [0.15, 0.2) is 21.5 Å². The van der Waals surface area contributed by atoms with Crippen LogP contribution in [0.5, 0.6) is 0 Å². The molecular weight excluding hydrogens is 698 g/mol. The molecule has 1 N–H and O–H groups in total. The van der Waals surface area contributed by atoms with Crippen LogP contribution in [0.2, 0.25) is 0 Å². The Bertz CT molecular complexity index is 2330. The van der Waals surface area contributed by atoms with Crippen molar-refractivity contribution >= 4 is 41.4 Å². The smallest absolute Gasteiger partial charge is 0.176 e. The zero-order valence-electron chi connectivity index (χ0n) is 28.9. The Kier molecular flexibility index (Phi) is 9.68. The normalized spacial score (nSPS) is 21.3. The van der Waals surface area contributed by atoms with Crippen LogP contribution in [-0.4, -0.2) is 69.3 Å². The number of sulfone groups is 2. The zero-order valence-corrected chi connectivity index (χ0v) is 31.3. The number of benzene rings is 2. The van der Waals surface area contributed by atoms with Gasteiger partial charge in [0, 0.05) is 41.5 Å². The third-order valence-electron chi connectivity index (χ3n) is 9.61. The average molecular weight is 740 g/mol. The van der Waals surface area contributed by atoms with Crippen molar-refractivity contribution in [2.24, 2.45) is 12.5 Å². The van der Waals surface area contributed by atoms with Crippen LogP contribution in [0.25, 0.3) is 22.4 Å². The monoisotopic (exact) mass is 739 g/mol. The summed E-state index contributed by atoms with van der Waals surface area (Å²) in [5, 5.41) is 5.49. The summed E-state index contributed by atoms with van der Waals surface area (Å²) in [6.45, 7) is 5.92.